The molecule has 22 heavy (non-hydrogen) atoms. The van der Waals surface area contributed by atoms with E-state index in [1.54, 1.807) is 0 Å². The van der Waals surface area contributed by atoms with Crippen LogP contribution >= 0.6 is 0 Å². The first-order valence-corrected chi connectivity index (χ1v) is 7.21. The van der Waals surface area contributed by atoms with Gasteiger partial charge in [-0.25, -0.2) is 0 Å². The molecular formula is C16H26NNaO4. The number of hydrogen-bond acceptors (Lipinski definition) is 5. The molecule has 0 saturated carbocycles. The van der Waals surface area contributed by atoms with E-state index >= 15 is 0 Å². The topological polar surface area (TPSA) is 67.8 Å². The van der Waals surface area contributed by atoms with Gasteiger partial charge in [0.1, 0.15) is 18.5 Å². The molecule has 6 heteroatoms. The third-order valence-corrected chi connectivity index (χ3v) is 2.97. The molecular weight excluding hydrogens is 293 g/mol. The molecule has 1 atom stereocenters. The molecule has 1 rings (SSSR count). The van der Waals surface area contributed by atoms with Crippen LogP contribution in [-0.4, -0.2) is 73.0 Å². The SMILES string of the molecule is COC(=O)CCc1ccc(OCC(O)CNC(C)C)cc1.[NaH]. The van der Waals surface area contributed by atoms with Gasteiger partial charge in [0.25, 0.3) is 0 Å². The fourth-order valence-corrected chi connectivity index (χ4v) is 1.72. The van der Waals surface area contributed by atoms with Crippen LogP contribution in [-0.2, 0) is 16.0 Å². The fourth-order valence-electron chi connectivity index (χ4n) is 1.72. The van der Waals surface area contributed by atoms with Crippen molar-refractivity contribution >= 4 is 35.5 Å². The van der Waals surface area contributed by atoms with Crippen molar-refractivity contribution in [2.75, 3.05) is 20.3 Å². The van der Waals surface area contributed by atoms with Crippen LogP contribution in [0.1, 0.15) is 25.8 Å². The van der Waals surface area contributed by atoms with Gasteiger partial charge in [-0.1, -0.05) is 26.0 Å². The summed E-state index contributed by atoms with van der Waals surface area (Å²) < 4.78 is 10.1. The number of nitrogens with one attached hydrogen (secondary N) is 1. The zero-order chi connectivity index (χ0) is 15.7. The fraction of sp³-hybridized carbons (Fsp3) is 0.562. The van der Waals surface area contributed by atoms with Gasteiger partial charge in [-0.2, -0.15) is 0 Å². The van der Waals surface area contributed by atoms with Crippen molar-refractivity contribution in [3.8, 4) is 5.75 Å². The number of aliphatic hydroxyl groups excluding tert-OH is 1. The van der Waals surface area contributed by atoms with E-state index in [2.05, 4.69) is 10.1 Å². The maximum absolute atomic E-state index is 11.1. The van der Waals surface area contributed by atoms with Crippen LogP contribution in [0.15, 0.2) is 24.3 Å². The predicted molar refractivity (Wildman–Crippen MR) is 88.6 cm³/mol. The van der Waals surface area contributed by atoms with Crippen LogP contribution < -0.4 is 10.1 Å². The van der Waals surface area contributed by atoms with Crippen LogP contribution in [0.2, 0.25) is 0 Å². The molecule has 5 nitrogen and oxygen atoms in total. The Morgan fingerprint density at radius 2 is 1.91 bits per heavy atom. The number of esters is 1. The van der Waals surface area contributed by atoms with E-state index in [0.717, 1.165) is 5.56 Å². The summed E-state index contributed by atoms with van der Waals surface area (Å²) in [5.41, 5.74) is 1.05. The minimum absolute atomic E-state index is 0. The second kappa shape index (κ2) is 11.9. The summed E-state index contributed by atoms with van der Waals surface area (Å²) in [6.45, 7) is 4.82. The van der Waals surface area contributed by atoms with E-state index in [4.69, 9.17) is 4.74 Å². The Balaban J connectivity index is 0.00000441. The summed E-state index contributed by atoms with van der Waals surface area (Å²) >= 11 is 0. The van der Waals surface area contributed by atoms with Crippen molar-refractivity contribution in [2.45, 2.75) is 38.8 Å². The van der Waals surface area contributed by atoms with Crippen molar-refractivity contribution in [2.24, 2.45) is 0 Å². The number of methoxy groups -OCH3 is 1. The monoisotopic (exact) mass is 319 g/mol. The van der Waals surface area contributed by atoms with Crippen molar-refractivity contribution in [1.29, 1.82) is 0 Å². The Hall–Kier alpha value is -0.590. The Morgan fingerprint density at radius 1 is 1.27 bits per heavy atom. The van der Waals surface area contributed by atoms with E-state index in [-0.39, 0.29) is 42.1 Å². The Bertz CT molecular complexity index is 423. The quantitative estimate of drug-likeness (QED) is 0.522. The van der Waals surface area contributed by atoms with Gasteiger partial charge in [-0.05, 0) is 24.1 Å². The van der Waals surface area contributed by atoms with Gasteiger partial charge in [-0.3, -0.25) is 4.79 Å². The van der Waals surface area contributed by atoms with Gasteiger partial charge in [0.2, 0.25) is 0 Å². The maximum atomic E-state index is 11.1. The summed E-state index contributed by atoms with van der Waals surface area (Å²) in [6.07, 6.45) is 0.482. The molecule has 1 aromatic rings. The van der Waals surface area contributed by atoms with E-state index in [1.807, 2.05) is 38.1 Å². The normalized spacial score (nSPS) is 11.7. The molecule has 0 saturated heterocycles. The van der Waals surface area contributed by atoms with Gasteiger partial charge in [-0.15, -0.1) is 0 Å². The van der Waals surface area contributed by atoms with E-state index in [0.29, 0.717) is 31.2 Å². The van der Waals surface area contributed by atoms with Gasteiger partial charge in [0, 0.05) is 19.0 Å². The van der Waals surface area contributed by atoms with Gasteiger partial charge in [0.05, 0.1) is 7.11 Å². The van der Waals surface area contributed by atoms with Crippen molar-refractivity contribution in [1.82, 2.24) is 5.32 Å². The van der Waals surface area contributed by atoms with Crippen molar-refractivity contribution < 1.29 is 19.4 Å². The third kappa shape index (κ3) is 9.43. The average molecular weight is 319 g/mol. The Labute approximate surface area is 154 Å². The molecule has 0 amide bonds. The van der Waals surface area contributed by atoms with Gasteiger partial charge in [0.15, 0.2) is 0 Å². The molecule has 0 aliphatic heterocycles. The molecule has 1 aromatic carbocycles. The number of carbonyl (C=O) groups is 1. The van der Waals surface area contributed by atoms with Crippen molar-refractivity contribution in [3.63, 3.8) is 0 Å². The number of carbonyl (C=O) groups excluding carboxylic acids is 1. The van der Waals surface area contributed by atoms with Gasteiger partial charge >= 0.3 is 35.5 Å². The molecule has 0 heterocycles. The first-order chi connectivity index (χ1) is 10.0. The van der Waals surface area contributed by atoms with E-state index in [1.165, 1.54) is 7.11 Å². The summed E-state index contributed by atoms with van der Waals surface area (Å²) in [6, 6.07) is 7.85. The molecule has 120 valence electrons. The molecule has 1 unspecified atom stereocenters. The zero-order valence-electron chi connectivity index (χ0n) is 13.0. The predicted octanol–water partition coefficient (Wildman–Crippen LogP) is 0.881. The molecule has 0 bridgehead atoms. The number of aryl methyl sites for hydroxylation is 1. The number of rotatable bonds is 9. The second-order valence-electron chi connectivity index (χ2n) is 5.25. The zero-order valence-corrected chi connectivity index (χ0v) is 13.0. The molecule has 0 fully saturated rings. The summed E-state index contributed by atoms with van der Waals surface area (Å²) in [5, 5.41) is 12.9. The van der Waals surface area contributed by atoms with Crippen LogP contribution in [0.4, 0.5) is 0 Å². The summed E-state index contributed by atoms with van der Waals surface area (Å²) in [5.74, 6) is 0.497. The standard InChI is InChI=1S/C16H25NO4.Na.H/c1-12(2)17-10-14(18)11-21-15-7-4-13(5-8-15)6-9-16(19)20-3;;/h4-5,7-8,12,14,17-18H,6,9-11H2,1-3H3;;. The first kappa shape index (κ1) is 21.4. The molecule has 0 aliphatic rings. The average Bonchev–Trinajstić information content (AvgIpc) is 2.49. The number of ether oxygens (including phenoxy) is 2. The van der Waals surface area contributed by atoms with E-state index in [9.17, 15) is 9.90 Å². The van der Waals surface area contributed by atoms with E-state index < -0.39 is 6.10 Å². The van der Waals surface area contributed by atoms with Crippen LogP contribution in [0, 0.1) is 0 Å². The molecule has 0 radical (unpaired) electrons. The summed E-state index contributed by atoms with van der Waals surface area (Å²) in [4.78, 5) is 11.1. The molecule has 0 aliphatic carbocycles. The molecule has 2 N–H and O–H groups in total. The van der Waals surface area contributed by atoms with Gasteiger partial charge < -0.3 is 19.9 Å². The van der Waals surface area contributed by atoms with Crippen LogP contribution in [0.3, 0.4) is 0 Å². The van der Waals surface area contributed by atoms with Crippen LogP contribution in [0.25, 0.3) is 0 Å². The Kier molecular flexibility index (Phi) is 11.6. The second-order valence-corrected chi connectivity index (χ2v) is 5.25. The number of hydrogen-bond donors (Lipinski definition) is 2. The molecule has 0 aromatic heterocycles. The van der Waals surface area contributed by atoms with Crippen LogP contribution in [0.5, 0.6) is 5.75 Å². The third-order valence-electron chi connectivity index (χ3n) is 2.97. The number of aliphatic hydroxyl groups is 1. The minimum atomic E-state index is -0.536. The summed E-state index contributed by atoms with van der Waals surface area (Å²) in [7, 11) is 1.39. The molecule has 0 spiro atoms. The number of benzene rings is 1. The first-order valence-electron chi connectivity index (χ1n) is 7.21. The van der Waals surface area contributed by atoms with Crippen molar-refractivity contribution in [3.05, 3.63) is 29.8 Å². The Morgan fingerprint density at radius 3 is 2.45 bits per heavy atom.